The summed E-state index contributed by atoms with van der Waals surface area (Å²) in [6.07, 6.45) is 2.26. The minimum Gasteiger partial charge on any atom is -0.490 e. The Kier molecular flexibility index (Phi) is 7.01. The van der Waals surface area contributed by atoms with Gasteiger partial charge in [0.15, 0.2) is 0 Å². The van der Waals surface area contributed by atoms with E-state index in [0.29, 0.717) is 17.8 Å². The van der Waals surface area contributed by atoms with Crippen LogP contribution in [0.4, 0.5) is 0 Å². The smallest absolute Gasteiger partial charge is 0.251 e. The molecule has 1 saturated heterocycles. The SMILES string of the molecule is CN=C(C)C(CNC(=O)c1ccc(OC2CCNCC2)cc1)=C(C)N. The van der Waals surface area contributed by atoms with Crippen LogP contribution in [0.2, 0.25) is 0 Å². The van der Waals surface area contributed by atoms with E-state index in [9.17, 15) is 4.79 Å². The van der Waals surface area contributed by atoms with Gasteiger partial charge in [-0.15, -0.1) is 0 Å². The summed E-state index contributed by atoms with van der Waals surface area (Å²) in [5.41, 5.74) is 8.80. The molecule has 0 radical (unpaired) electrons. The van der Waals surface area contributed by atoms with Crippen molar-refractivity contribution < 1.29 is 9.53 Å². The number of aliphatic imine (C=N–C) groups is 1. The zero-order valence-electron chi connectivity index (χ0n) is 15.3. The second-order valence-electron chi connectivity index (χ2n) is 6.24. The molecule has 6 heteroatoms. The Bertz CT molecular complexity index is 640. The molecule has 6 nitrogen and oxygen atoms in total. The highest BCUT2D eigenvalue weighted by molar-refractivity contribution is 6.00. The van der Waals surface area contributed by atoms with E-state index >= 15 is 0 Å². The number of nitrogens with one attached hydrogen (secondary N) is 2. The largest absolute Gasteiger partial charge is 0.490 e. The number of hydrogen-bond acceptors (Lipinski definition) is 5. The van der Waals surface area contributed by atoms with Gasteiger partial charge in [-0.2, -0.15) is 0 Å². The lowest BCUT2D eigenvalue weighted by Gasteiger charge is -2.23. The number of hydrogen-bond donors (Lipinski definition) is 3. The Balaban J connectivity index is 1.92. The van der Waals surface area contributed by atoms with Crippen LogP contribution in [0.1, 0.15) is 37.0 Å². The fourth-order valence-corrected chi connectivity index (χ4v) is 2.75. The van der Waals surface area contributed by atoms with E-state index in [1.165, 1.54) is 0 Å². The third-order valence-corrected chi connectivity index (χ3v) is 4.38. The zero-order valence-corrected chi connectivity index (χ0v) is 15.3. The number of carbonyl (C=O) groups excluding carboxylic acids is 1. The van der Waals surface area contributed by atoms with Crippen molar-refractivity contribution in [1.29, 1.82) is 0 Å². The molecule has 0 aliphatic carbocycles. The average Bonchev–Trinajstić information content (AvgIpc) is 2.62. The van der Waals surface area contributed by atoms with E-state index in [4.69, 9.17) is 10.5 Å². The molecule has 0 saturated carbocycles. The number of piperidine rings is 1. The minimum absolute atomic E-state index is 0.143. The van der Waals surface area contributed by atoms with Gasteiger partial charge in [0, 0.05) is 36.1 Å². The maximum Gasteiger partial charge on any atom is 0.251 e. The second-order valence-corrected chi connectivity index (χ2v) is 6.24. The molecule has 2 rings (SSSR count). The van der Waals surface area contributed by atoms with Crippen LogP contribution in [0.25, 0.3) is 0 Å². The monoisotopic (exact) mass is 344 g/mol. The molecule has 4 N–H and O–H groups in total. The van der Waals surface area contributed by atoms with Crippen molar-refractivity contribution in [3.63, 3.8) is 0 Å². The van der Waals surface area contributed by atoms with Gasteiger partial charge in [-0.3, -0.25) is 9.79 Å². The third kappa shape index (κ3) is 5.60. The van der Waals surface area contributed by atoms with Crippen LogP contribution < -0.4 is 21.1 Å². The number of rotatable bonds is 6. The Morgan fingerprint density at radius 3 is 2.48 bits per heavy atom. The van der Waals surface area contributed by atoms with Gasteiger partial charge in [-0.1, -0.05) is 0 Å². The Morgan fingerprint density at radius 2 is 1.92 bits per heavy atom. The van der Waals surface area contributed by atoms with Gasteiger partial charge in [0.05, 0.1) is 0 Å². The zero-order chi connectivity index (χ0) is 18.2. The summed E-state index contributed by atoms with van der Waals surface area (Å²) in [6, 6.07) is 7.26. The summed E-state index contributed by atoms with van der Waals surface area (Å²) in [7, 11) is 1.71. The second kappa shape index (κ2) is 9.22. The maximum absolute atomic E-state index is 12.3. The lowest BCUT2D eigenvalue weighted by Crippen LogP contribution is -2.34. The molecule has 1 aliphatic rings. The average molecular weight is 344 g/mol. The molecule has 1 fully saturated rings. The third-order valence-electron chi connectivity index (χ3n) is 4.38. The van der Waals surface area contributed by atoms with E-state index in [1.807, 2.05) is 26.0 Å². The van der Waals surface area contributed by atoms with Gasteiger partial charge >= 0.3 is 0 Å². The van der Waals surface area contributed by atoms with Gasteiger partial charge in [0.25, 0.3) is 5.91 Å². The number of allylic oxidation sites excluding steroid dienone is 1. The number of carbonyl (C=O) groups is 1. The van der Waals surface area contributed by atoms with Crippen LogP contribution in [0, 0.1) is 0 Å². The molecule has 0 aromatic heterocycles. The van der Waals surface area contributed by atoms with Gasteiger partial charge in [-0.05, 0) is 64.0 Å². The fraction of sp³-hybridized carbons (Fsp3) is 0.474. The highest BCUT2D eigenvalue weighted by atomic mass is 16.5. The molecule has 0 atom stereocenters. The number of ether oxygens (including phenoxy) is 1. The van der Waals surface area contributed by atoms with Crippen molar-refractivity contribution in [2.24, 2.45) is 10.7 Å². The first-order valence-electron chi connectivity index (χ1n) is 8.66. The number of nitrogens with two attached hydrogens (primary N) is 1. The molecular weight excluding hydrogens is 316 g/mol. The topological polar surface area (TPSA) is 88.7 Å². The summed E-state index contributed by atoms with van der Waals surface area (Å²) in [5.74, 6) is 0.659. The molecule has 136 valence electrons. The lowest BCUT2D eigenvalue weighted by molar-refractivity contribution is 0.0957. The molecule has 1 aromatic rings. The van der Waals surface area contributed by atoms with E-state index in [0.717, 1.165) is 43.0 Å². The van der Waals surface area contributed by atoms with E-state index in [-0.39, 0.29) is 12.0 Å². The summed E-state index contributed by atoms with van der Waals surface area (Å²) < 4.78 is 5.95. The van der Waals surface area contributed by atoms with Crippen molar-refractivity contribution in [1.82, 2.24) is 10.6 Å². The molecule has 1 heterocycles. The predicted octanol–water partition coefficient (Wildman–Crippen LogP) is 1.87. The molecule has 0 bridgehead atoms. The maximum atomic E-state index is 12.3. The van der Waals surface area contributed by atoms with Crippen molar-refractivity contribution in [3.8, 4) is 5.75 Å². The normalized spacial score (nSPS) is 17.0. The summed E-state index contributed by atoms with van der Waals surface area (Å²) in [4.78, 5) is 16.5. The molecular formula is C19H28N4O2. The molecule has 25 heavy (non-hydrogen) atoms. The summed E-state index contributed by atoms with van der Waals surface area (Å²) >= 11 is 0. The Hall–Kier alpha value is -2.34. The van der Waals surface area contributed by atoms with Crippen molar-refractivity contribution in [2.45, 2.75) is 32.8 Å². The number of nitrogens with zero attached hydrogens (tertiary/aromatic N) is 1. The molecule has 1 aromatic carbocycles. The fourth-order valence-electron chi connectivity index (χ4n) is 2.75. The summed E-state index contributed by atoms with van der Waals surface area (Å²) in [6.45, 7) is 6.02. The Labute approximate surface area is 149 Å². The predicted molar refractivity (Wildman–Crippen MR) is 101 cm³/mol. The van der Waals surface area contributed by atoms with Crippen molar-refractivity contribution in [2.75, 3.05) is 26.7 Å². The minimum atomic E-state index is -0.143. The standard InChI is InChI=1S/C19H28N4O2/c1-13(20)18(14(2)21-3)12-23-19(24)15-4-6-16(7-5-15)25-17-8-10-22-11-9-17/h4-7,17,22H,8-12,20H2,1-3H3,(H,23,24). The number of amides is 1. The number of benzene rings is 1. The van der Waals surface area contributed by atoms with Gasteiger partial charge < -0.3 is 21.1 Å². The quantitative estimate of drug-likeness (QED) is 0.687. The highest BCUT2D eigenvalue weighted by Gasteiger charge is 2.15. The van der Waals surface area contributed by atoms with Crippen molar-refractivity contribution >= 4 is 11.6 Å². The van der Waals surface area contributed by atoms with Crippen LogP contribution in [0.5, 0.6) is 5.75 Å². The van der Waals surface area contributed by atoms with Crippen molar-refractivity contribution in [3.05, 3.63) is 41.1 Å². The first-order chi connectivity index (χ1) is 12.0. The van der Waals surface area contributed by atoms with E-state index in [2.05, 4.69) is 15.6 Å². The van der Waals surface area contributed by atoms with Crippen LogP contribution in [0.3, 0.4) is 0 Å². The molecule has 1 aliphatic heterocycles. The van der Waals surface area contributed by atoms with Gasteiger partial charge in [0.1, 0.15) is 11.9 Å². The van der Waals surface area contributed by atoms with Crippen LogP contribution in [-0.4, -0.2) is 44.4 Å². The van der Waals surface area contributed by atoms with Crippen LogP contribution in [0.15, 0.2) is 40.5 Å². The van der Waals surface area contributed by atoms with E-state index in [1.54, 1.807) is 19.2 Å². The first kappa shape index (κ1) is 19.0. The molecule has 0 unspecified atom stereocenters. The highest BCUT2D eigenvalue weighted by Crippen LogP contribution is 2.17. The Morgan fingerprint density at radius 1 is 1.28 bits per heavy atom. The summed E-state index contributed by atoms with van der Waals surface area (Å²) in [5, 5.41) is 6.20. The van der Waals surface area contributed by atoms with Crippen LogP contribution >= 0.6 is 0 Å². The van der Waals surface area contributed by atoms with Crippen LogP contribution in [-0.2, 0) is 0 Å². The molecule has 1 amide bonds. The lowest BCUT2D eigenvalue weighted by atomic mass is 10.1. The molecule has 0 spiro atoms. The van der Waals surface area contributed by atoms with E-state index < -0.39 is 0 Å². The van der Waals surface area contributed by atoms with Gasteiger partial charge in [-0.25, -0.2) is 0 Å². The van der Waals surface area contributed by atoms with Gasteiger partial charge in [0.2, 0.25) is 0 Å². The first-order valence-corrected chi connectivity index (χ1v) is 8.66.